The fraction of sp³-hybridized carbons (Fsp3) is 0.681. The van der Waals surface area contributed by atoms with Crippen LogP contribution < -0.4 is 11.1 Å². The maximum absolute atomic E-state index is 12.8. The van der Waals surface area contributed by atoms with Crippen LogP contribution in [-0.4, -0.2) is 114 Å². The van der Waals surface area contributed by atoms with Gasteiger partial charge in [0.15, 0.2) is 11.7 Å². The number of likely N-dealkylation sites (tertiary alicyclic amines) is 1. The molecule has 4 aliphatic rings. The molecule has 2 saturated heterocycles. The van der Waals surface area contributed by atoms with Gasteiger partial charge in [0.2, 0.25) is 0 Å². The van der Waals surface area contributed by atoms with E-state index in [-0.39, 0.29) is 65.9 Å². The lowest BCUT2D eigenvalue weighted by Crippen LogP contribution is -2.50. The second-order valence-corrected chi connectivity index (χ2v) is 18.4. The number of aliphatic hydroxyl groups excluding tert-OH is 7. The molecule has 4 rings (SSSR count). The van der Waals surface area contributed by atoms with E-state index in [2.05, 4.69) is 11.4 Å². The Kier molecular flexibility index (Phi) is 18.0. The first-order valence-corrected chi connectivity index (χ1v) is 22.1. The molecule has 13 atom stereocenters. The summed E-state index contributed by atoms with van der Waals surface area (Å²) in [5, 5.41) is 86.9. The van der Waals surface area contributed by atoms with E-state index in [1.807, 2.05) is 51.7 Å². The van der Waals surface area contributed by atoms with Crippen LogP contribution in [0.25, 0.3) is 0 Å². The Morgan fingerprint density at radius 1 is 1.00 bits per heavy atom. The van der Waals surface area contributed by atoms with Gasteiger partial charge in [0.05, 0.1) is 43.2 Å². The highest BCUT2D eigenvalue weighted by molar-refractivity contribution is 6.25. The molecule has 2 aliphatic carbocycles. The van der Waals surface area contributed by atoms with Crippen LogP contribution in [0.2, 0.25) is 0 Å². The molecule has 13 heteroatoms. The van der Waals surface area contributed by atoms with Crippen LogP contribution in [0.15, 0.2) is 70.6 Å². The number of allylic oxidation sites excluding steroid dienone is 2. The van der Waals surface area contributed by atoms with Crippen molar-refractivity contribution in [3.63, 3.8) is 0 Å². The summed E-state index contributed by atoms with van der Waals surface area (Å²) in [5.74, 6) is -2.23. The summed E-state index contributed by atoms with van der Waals surface area (Å²) in [6.07, 6.45) is 14.7. The lowest BCUT2D eigenvalue weighted by atomic mass is 9.52. The summed E-state index contributed by atoms with van der Waals surface area (Å²) in [5.41, 5.74) is 6.95. The maximum atomic E-state index is 12.8. The maximum Gasteiger partial charge on any atom is 0.258 e. The number of amides is 1. The quantitative estimate of drug-likeness (QED) is 0.0215. The Balaban J connectivity index is 1.27. The summed E-state index contributed by atoms with van der Waals surface area (Å²) in [7, 11) is 0. The second kappa shape index (κ2) is 22.0. The fourth-order valence-corrected chi connectivity index (χ4v) is 10.1. The van der Waals surface area contributed by atoms with Crippen LogP contribution in [0.4, 0.5) is 0 Å². The zero-order valence-corrected chi connectivity index (χ0v) is 36.6. The molecule has 0 aromatic heterocycles. The number of carbonyl (C=O) groups is 2. The first kappa shape index (κ1) is 49.1. The van der Waals surface area contributed by atoms with Crippen molar-refractivity contribution in [1.29, 1.82) is 5.41 Å². The Morgan fingerprint density at radius 3 is 2.37 bits per heavy atom. The molecule has 1 saturated carbocycles. The second-order valence-electron chi connectivity index (χ2n) is 18.4. The van der Waals surface area contributed by atoms with Gasteiger partial charge < -0.3 is 51.7 Å². The van der Waals surface area contributed by atoms with E-state index in [1.54, 1.807) is 31.2 Å². The van der Waals surface area contributed by atoms with Crippen LogP contribution in [0.5, 0.6) is 0 Å². The number of ketones is 1. The molecule has 2 heterocycles. The van der Waals surface area contributed by atoms with Crippen molar-refractivity contribution >= 4 is 17.6 Å². The molecule has 0 aromatic rings. The highest BCUT2D eigenvalue weighted by atomic mass is 16.3. The number of nitrogens with two attached hydrogens (primary N) is 1. The third-order valence-corrected chi connectivity index (χ3v) is 14.0. The van der Waals surface area contributed by atoms with Crippen molar-refractivity contribution in [2.24, 2.45) is 40.7 Å². The van der Waals surface area contributed by atoms with Gasteiger partial charge >= 0.3 is 0 Å². The summed E-state index contributed by atoms with van der Waals surface area (Å²) in [4.78, 5) is 27.3. The van der Waals surface area contributed by atoms with E-state index >= 15 is 0 Å². The number of hydrogen-bond acceptors (Lipinski definition) is 10. The Morgan fingerprint density at radius 2 is 1.70 bits per heavy atom. The van der Waals surface area contributed by atoms with E-state index in [4.69, 9.17) is 11.1 Å². The third-order valence-electron chi connectivity index (χ3n) is 14.0. The smallest absolute Gasteiger partial charge is 0.258 e. The first-order valence-electron chi connectivity index (χ1n) is 22.1. The molecule has 0 spiro atoms. The zero-order chi connectivity index (χ0) is 44.5. The van der Waals surface area contributed by atoms with E-state index in [9.17, 15) is 45.3 Å². The first-order chi connectivity index (χ1) is 28.3. The van der Waals surface area contributed by atoms with Gasteiger partial charge in [-0.05, 0) is 114 Å². The van der Waals surface area contributed by atoms with Gasteiger partial charge in [-0.1, -0.05) is 75.3 Å². The number of fused-ring (bicyclic) bond motifs is 1. The predicted molar refractivity (Wildman–Crippen MR) is 233 cm³/mol. The largest absolute Gasteiger partial charge is 0.511 e. The van der Waals surface area contributed by atoms with Gasteiger partial charge in [-0.15, -0.1) is 0 Å². The number of nitrogens with one attached hydrogen (secondary N) is 2. The standard InChI is InChI=1S/C47H74N4O9/c1-27(38(54)12-8-13-39(55)28(2)16-21-34(53)25-32-10-9-23-51(32)46(48)49)15-19-33(52)20-17-29(3)43(58)30(4)18-22-36-31(5)24-35-37(11-7-14-40(35)56)47(36,6)44(59)42-41(57)26-50-45(42)60/h8,12,15-17,19,24,27,30,32-40,43,52-56,58-59H,7,9-11,13-14,18,20-23,25-26H2,1-6H3,(H3,48,49)(H,50,60)/b12-8+,19-15+,28-16+,29-17+,44-42?/t27-,30+,32-,33+,34-,35-,36-,37-,38-,39-,40+,43+,47+/m0/s1. The van der Waals surface area contributed by atoms with Crippen LogP contribution in [-0.2, 0) is 9.59 Å². The molecular weight excluding hydrogens is 765 g/mol. The summed E-state index contributed by atoms with van der Waals surface area (Å²) < 4.78 is 0. The normalized spacial score (nSPS) is 31.1. The van der Waals surface area contributed by atoms with Crippen LogP contribution >= 0.6 is 0 Å². The van der Waals surface area contributed by atoms with Gasteiger partial charge in [0.1, 0.15) is 11.3 Å². The number of aliphatic hydroxyl groups is 7. The summed E-state index contributed by atoms with van der Waals surface area (Å²) >= 11 is 0. The molecule has 0 bridgehead atoms. The van der Waals surface area contributed by atoms with Crippen LogP contribution in [0.1, 0.15) is 112 Å². The van der Waals surface area contributed by atoms with E-state index in [0.29, 0.717) is 44.1 Å². The molecule has 1 amide bonds. The van der Waals surface area contributed by atoms with E-state index in [1.165, 1.54) is 0 Å². The number of Topliss-reactive ketones (excluding diaryl/α,β-unsaturated/α-hetero) is 1. The molecular formula is C47H74N4O9. The minimum absolute atomic E-state index is 0.0326. The van der Waals surface area contributed by atoms with E-state index < -0.39 is 53.7 Å². The highest BCUT2D eigenvalue weighted by Crippen LogP contribution is 2.58. The Bertz CT molecular complexity index is 1680. The molecule has 3 fully saturated rings. The number of hydrogen-bond donors (Lipinski definition) is 10. The van der Waals surface area contributed by atoms with Crippen molar-refractivity contribution in [1.82, 2.24) is 10.2 Å². The number of guanidine groups is 1. The molecule has 0 unspecified atom stereocenters. The monoisotopic (exact) mass is 839 g/mol. The lowest BCUT2D eigenvalue weighted by molar-refractivity contribution is -0.118. The number of rotatable bonds is 19. The SMILES string of the molecule is CC1=C[C@@H]2[C@H](O)CCC[C@@H]2[C@](C)(C(O)=C2C(=O)CNC2=O)[C@H]1CC[C@@H](C)[C@H](O)/C(C)=C/C[C@H](O)/C=C/[C@H](C)[C@@H](O)/C=C/C[C@H](O)/C(C)=C/C[C@H](O)C[C@@H]1CCCN1C(=N)N. The topological polar surface area (TPSA) is 241 Å². The average Bonchev–Trinajstić information content (AvgIpc) is 3.82. The molecule has 336 valence electrons. The van der Waals surface area contributed by atoms with Crippen molar-refractivity contribution in [3.8, 4) is 0 Å². The van der Waals surface area contributed by atoms with Crippen LogP contribution in [0, 0.1) is 40.4 Å². The molecule has 11 N–H and O–H groups in total. The van der Waals surface area contributed by atoms with Gasteiger partial charge in [-0.2, -0.15) is 0 Å². The van der Waals surface area contributed by atoms with Crippen molar-refractivity contribution in [2.45, 2.75) is 155 Å². The summed E-state index contributed by atoms with van der Waals surface area (Å²) in [6, 6.07) is 0.0545. The molecule has 0 radical (unpaired) electrons. The summed E-state index contributed by atoms with van der Waals surface area (Å²) in [6.45, 7) is 11.9. The van der Waals surface area contributed by atoms with Crippen molar-refractivity contribution in [3.05, 3.63) is 70.6 Å². The van der Waals surface area contributed by atoms with Gasteiger partial charge in [-0.25, -0.2) is 0 Å². The zero-order valence-electron chi connectivity index (χ0n) is 36.6. The van der Waals surface area contributed by atoms with E-state index in [0.717, 1.165) is 43.4 Å². The van der Waals surface area contributed by atoms with Crippen LogP contribution in [0.3, 0.4) is 0 Å². The number of carbonyl (C=O) groups excluding carboxylic acids is 2. The predicted octanol–water partition coefficient (Wildman–Crippen LogP) is 4.64. The van der Waals surface area contributed by atoms with Crippen molar-refractivity contribution in [2.75, 3.05) is 13.1 Å². The molecule has 0 aromatic carbocycles. The Hall–Kier alpha value is -3.59. The average molecular weight is 839 g/mol. The lowest BCUT2D eigenvalue weighted by Gasteiger charge is -2.53. The number of nitrogens with zero attached hydrogens (tertiary/aromatic N) is 1. The van der Waals surface area contributed by atoms with Crippen molar-refractivity contribution < 1.29 is 45.3 Å². The highest BCUT2D eigenvalue weighted by Gasteiger charge is 2.55. The minimum Gasteiger partial charge on any atom is -0.511 e. The van der Waals surface area contributed by atoms with Gasteiger partial charge in [0.25, 0.3) is 5.91 Å². The Labute approximate surface area is 357 Å². The van der Waals surface area contributed by atoms with Gasteiger partial charge in [-0.3, -0.25) is 15.0 Å². The molecule has 60 heavy (non-hydrogen) atoms. The van der Waals surface area contributed by atoms with Gasteiger partial charge in [0, 0.05) is 29.8 Å². The molecule has 2 aliphatic heterocycles. The third kappa shape index (κ3) is 12.1. The molecule has 13 nitrogen and oxygen atoms in total. The minimum atomic E-state index is -0.954. The fourth-order valence-electron chi connectivity index (χ4n) is 10.1.